The van der Waals surface area contributed by atoms with Gasteiger partial charge in [-0.15, -0.1) is 0 Å². The highest BCUT2D eigenvalue weighted by molar-refractivity contribution is 6.00. The molecular weight excluding hydrogens is 350 g/mol. The van der Waals surface area contributed by atoms with E-state index in [-0.39, 0.29) is 17.7 Å². The van der Waals surface area contributed by atoms with Crippen molar-refractivity contribution in [2.24, 2.45) is 5.92 Å². The van der Waals surface area contributed by atoms with Gasteiger partial charge >= 0.3 is 0 Å². The van der Waals surface area contributed by atoms with E-state index in [9.17, 15) is 9.59 Å². The average molecular weight is 384 g/mol. The van der Waals surface area contributed by atoms with Crippen molar-refractivity contribution in [1.29, 1.82) is 0 Å². The summed E-state index contributed by atoms with van der Waals surface area (Å²) >= 11 is 0. The molecule has 1 unspecified atom stereocenters. The fourth-order valence-electron chi connectivity index (χ4n) is 4.19. The number of nitrogens with zero attached hydrogens (tertiary/aromatic N) is 2. The van der Waals surface area contributed by atoms with Gasteiger partial charge in [0.2, 0.25) is 11.8 Å². The number of carbonyl (C=O) groups is 2. The molecule has 152 valence electrons. The average Bonchev–Trinajstić information content (AvgIpc) is 3.12. The van der Waals surface area contributed by atoms with Crippen LogP contribution in [0.2, 0.25) is 0 Å². The smallest absolute Gasteiger partial charge is 0.227 e. The van der Waals surface area contributed by atoms with Gasteiger partial charge in [-0.25, -0.2) is 0 Å². The van der Waals surface area contributed by atoms with E-state index in [0.717, 1.165) is 37.3 Å². The molecule has 1 fully saturated rings. The van der Waals surface area contributed by atoms with Gasteiger partial charge in [0.05, 0.1) is 5.92 Å². The summed E-state index contributed by atoms with van der Waals surface area (Å²) in [6.45, 7) is 7.33. The van der Waals surface area contributed by atoms with E-state index in [1.807, 2.05) is 12.1 Å². The normalized spacial score (nSPS) is 19.5. The zero-order valence-corrected chi connectivity index (χ0v) is 17.2. The molecule has 2 aliphatic rings. The Morgan fingerprint density at radius 1 is 1.18 bits per heavy atom. The van der Waals surface area contributed by atoms with Gasteiger partial charge in [-0.05, 0) is 70.2 Å². The van der Waals surface area contributed by atoms with Crippen molar-refractivity contribution in [2.75, 3.05) is 36.0 Å². The fraction of sp³-hybridized carbons (Fsp3) is 0.565. The van der Waals surface area contributed by atoms with Crippen LogP contribution in [0.25, 0.3) is 0 Å². The van der Waals surface area contributed by atoms with Gasteiger partial charge in [-0.2, -0.15) is 0 Å². The molecule has 0 aromatic heterocycles. The summed E-state index contributed by atoms with van der Waals surface area (Å²) < 4.78 is 0. The molecule has 1 N–H and O–H groups in total. The molecule has 5 nitrogen and oxygen atoms in total. The fourth-order valence-corrected chi connectivity index (χ4v) is 4.19. The van der Waals surface area contributed by atoms with E-state index < -0.39 is 0 Å². The maximum absolute atomic E-state index is 12.5. The van der Waals surface area contributed by atoms with Crippen LogP contribution >= 0.6 is 0 Å². The predicted molar refractivity (Wildman–Crippen MR) is 115 cm³/mol. The summed E-state index contributed by atoms with van der Waals surface area (Å²) in [5.74, 6) is -0.215. The lowest BCUT2D eigenvalue weighted by Crippen LogP contribution is -2.33. The van der Waals surface area contributed by atoms with E-state index in [4.69, 9.17) is 0 Å². The molecule has 28 heavy (non-hydrogen) atoms. The number of carbonyl (C=O) groups excluding carboxylic acids is 2. The standard InChI is InChI=1S/C23H33N3O2/c1-3-25(4-2)20-10-12-21(13-11-20)26-17-19(16-22(26)27)23(28)24-15-14-18-8-6-5-7-9-18/h8,10-13,19H,3-7,9,14-17H2,1-2H3,(H,24,28). The SMILES string of the molecule is CCN(CC)c1ccc(N2CC(C(=O)NCCC3=CCCCC3)CC2=O)cc1. The van der Waals surface area contributed by atoms with Crippen LogP contribution in [0.4, 0.5) is 11.4 Å². The Morgan fingerprint density at radius 3 is 2.57 bits per heavy atom. The number of allylic oxidation sites excluding steroid dienone is 1. The van der Waals surface area contributed by atoms with Crippen LogP contribution in [-0.4, -0.2) is 38.0 Å². The second-order valence-electron chi connectivity index (χ2n) is 7.74. The zero-order chi connectivity index (χ0) is 19.9. The van der Waals surface area contributed by atoms with Crippen molar-refractivity contribution in [3.63, 3.8) is 0 Å². The summed E-state index contributed by atoms with van der Waals surface area (Å²) in [7, 11) is 0. The van der Waals surface area contributed by atoms with Crippen molar-refractivity contribution in [2.45, 2.75) is 52.4 Å². The second kappa shape index (κ2) is 9.76. The topological polar surface area (TPSA) is 52.6 Å². The van der Waals surface area contributed by atoms with Gasteiger partial charge in [0.25, 0.3) is 0 Å². The molecule has 0 spiro atoms. The van der Waals surface area contributed by atoms with Crippen LogP contribution in [0, 0.1) is 5.92 Å². The van der Waals surface area contributed by atoms with Crippen LogP contribution in [0.15, 0.2) is 35.9 Å². The van der Waals surface area contributed by atoms with Crippen molar-refractivity contribution in [3.05, 3.63) is 35.9 Å². The number of nitrogens with one attached hydrogen (secondary N) is 1. The quantitative estimate of drug-likeness (QED) is 0.693. The minimum atomic E-state index is -0.254. The van der Waals surface area contributed by atoms with E-state index in [2.05, 4.69) is 42.3 Å². The maximum atomic E-state index is 12.5. The minimum Gasteiger partial charge on any atom is -0.372 e. The Kier molecular flexibility index (Phi) is 7.12. The van der Waals surface area contributed by atoms with Crippen LogP contribution < -0.4 is 15.1 Å². The summed E-state index contributed by atoms with van der Waals surface area (Å²) in [6.07, 6.45) is 8.43. The summed E-state index contributed by atoms with van der Waals surface area (Å²) in [5, 5.41) is 3.04. The molecule has 0 bridgehead atoms. The lowest BCUT2D eigenvalue weighted by atomic mass is 9.97. The van der Waals surface area contributed by atoms with Crippen LogP contribution in [0.5, 0.6) is 0 Å². The van der Waals surface area contributed by atoms with Crippen molar-refractivity contribution in [1.82, 2.24) is 5.32 Å². The van der Waals surface area contributed by atoms with Gasteiger partial charge in [0, 0.05) is 44.0 Å². The number of amides is 2. The van der Waals surface area contributed by atoms with Gasteiger partial charge in [-0.1, -0.05) is 11.6 Å². The first-order valence-electron chi connectivity index (χ1n) is 10.7. The molecule has 2 amide bonds. The highest BCUT2D eigenvalue weighted by atomic mass is 16.2. The molecule has 0 saturated carbocycles. The van der Waals surface area contributed by atoms with Gasteiger partial charge in [0.1, 0.15) is 0 Å². The van der Waals surface area contributed by atoms with Crippen LogP contribution in [0.1, 0.15) is 52.4 Å². The van der Waals surface area contributed by atoms with Crippen LogP contribution in [-0.2, 0) is 9.59 Å². The highest BCUT2D eigenvalue weighted by Gasteiger charge is 2.35. The van der Waals surface area contributed by atoms with Gasteiger partial charge < -0.3 is 15.1 Å². The molecule has 1 heterocycles. The molecular formula is C23H33N3O2. The van der Waals surface area contributed by atoms with Crippen molar-refractivity contribution < 1.29 is 9.59 Å². The Hall–Kier alpha value is -2.30. The monoisotopic (exact) mass is 383 g/mol. The molecule has 1 aromatic rings. The molecule has 1 aromatic carbocycles. The largest absolute Gasteiger partial charge is 0.372 e. The van der Waals surface area contributed by atoms with Gasteiger partial charge in [-0.3, -0.25) is 9.59 Å². The molecule has 0 radical (unpaired) electrons. The first-order chi connectivity index (χ1) is 13.6. The first kappa shape index (κ1) is 20.4. The predicted octanol–water partition coefficient (Wildman–Crippen LogP) is 3.89. The van der Waals surface area contributed by atoms with E-state index in [1.54, 1.807) is 4.90 Å². The Bertz CT molecular complexity index is 707. The van der Waals surface area contributed by atoms with E-state index in [1.165, 1.54) is 24.8 Å². The minimum absolute atomic E-state index is 0.00650. The number of hydrogen-bond donors (Lipinski definition) is 1. The maximum Gasteiger partial charge on any atom is 0.227 e. The van der Waals surface area contributed by atoms with Crippen LogP contribution in [0.3, 0.4) is 0 Å². The second-order valence-corrected chi connectivity index (χ2v) is 7.74. The molecule has 1 atom stereocenters. The van der Waals surface area contributed by atoms with E-state index in [0.29, 0.717) is 19.5 Å². The lowest BCUT2D eigenvalue weighted by molar-refractivity contribution is -0.126. The molecule has 3 rings (SSSR count). The number of benzene rings is 1. The Balaban J connectivity index is 1.52. The van der Waals surface area contributed by atoms with E-state index >= 15 is 0 Å². The molecule has 5 heteroatoms. The molecule has 1 aliphatic heterocycles. The molecule has 1 saturated heterocycles. The highest BCUT2D eigenvalue weighted by Crippen LogP contribution is 2.27. The Morgan fingerprint density at radius 2 is 1.93 bits per heavy atom. The summed E-state index contributed by atoms with van der Waals surface area (Å²) in [5.41, 5.74) is 3.50. The third kappa shape index (κ3) is 4.94. The lowest BCUT2D eigenvalue weighted by Gasteiger charge is -2.22. The Labute approximate surface area is 168 Å². The summed E-state index contributed by atoms with van der Waals surface area (Å²) in [6, 6.07) is 8.09. The number of rotatable bonds is 8. The van der Waals surface area contributed by atoms with Crippen molar-refractivity contribution in [3.8, 4) is 0 Å². The molecule has 1 aliphatic carbocycles. The third-order valence-electron chi connectivity index (χ3n) is 5.92. The van der Waals surface area contributed by atoms with Crippen molar-refractivity contribution >= 4 is 23.2 Å². The van der Waals surface area contributed by atoms with Gasteiger partial charge in [0.15, 0.2) is 0 Å². The third-order valence-corrected chi connectivity index (χ3v) is 5.92. The number of hydrogen-bond acceptors (Lipinski definition) is 3. The zero-order valence-electron chi connectivity index (χ0n) is 17.2. The number of anilines is 2. The summed E-state index contributed by atoms with van der Waals surface area (Å²) in [4.78, 5) is 29.0. The first-order valence-corrected chi connectivity index (χ1v) is 10.7.